The van der Waals surface area contributed by atoms with Gasteiger partial charge in [0.2, 0.25) is 15.8 Å². The maximum Gasteiger partial charge on any atom is 0.214 e. The molecular weight excluding hydrogens is 389 g/mol. The summed E-state index contributed by atoms with van der Waals surface area (Å²) in [7, 11) is -3.85. The monoisotopic (exact) mass is 417 g/mol. The molecule has 2 aromatic heterocycles. The minimum Gasteiger partial charge on any atom is -0.327 e. The van der Waals surface area contributed by atoms with Gasteiger partial charge in [-0.2, -0.15) is 4.39 Å². The maximum absolute atomic E-state index is 13.5. The highest BCUT2D eigenvalue weighted by molar-refractivity contribution is 7.91. The van der Waals surface area contributed by atoms with Gasteiger partial charge in [0.15, 0.2) is 0 Å². The molecule has 5 nitrogen and oxygen atoms in total. The zero-order valence-electron chi connectivity index (χ0n) is 17.6. The van der Waals surface area contributed by atoms with Crippen molar-refractivity contribution in [3.63, 3.8) is 0 Å². The Morgan fingerprint density at radius 3 is 2.31 bits per heavy atom. The maximum atomic E-state index is 13.5. The van der Waals surface area contributed by atoms with E-state index in [0.29, 0.717) is 11.4 Å². The largest absolute Gasteiger partial charge is 0.327 e. The molecule has 3 aromatic rings. The van der Waals surface area contributed by atoms with E-state index in [0.717, 1.165) is 43.0 Å². The van der Waals surface area contributed by atoms with Crippen molar-refractivity contribution in [1.29, 1.82) is 0 Å². The van der Waals surface area contributed by atoms with Gasteiger partial charge in [-0.05, 0) is 30.2 Å². The number of sulfone groups is 1. The summed E-state index contributed by atoms with van der Waals surface area (Å²) in [6, 6.07) is 7.21. The van der Waals surface area contributed by atoms with Crippen LogP contribution in [0.2, 0.25) is 0 Å². The number of rotatable bonds is 6. The van der Waals surface area contributed by atoms with Crippen LogP contribution in [-0.4, -0.2) is 23.0 Å². The number of nitrogens with zero attached hydrogens (tertiary/aromatic N) is 3. The number of fused-ring (bicyclic) bond motifs is 1. The van der Waals surface area contributed by atoms with Crippen molar-refractivity contribution < 1.29 is 12.8 Å². The van der Waals surface area contributed by atoms with Crippen LogP contribution in [0.3, 0.4) is 0 Å². The molecule has 1 aromatic carbocycles. The van der Waals surface area contributed by atoms with Gasteiger partial charge in [0.1, 0.15) is 5.82 Å². The lowest BCUT2D eigenvalue weighted by Crippen LogP contribution is -2.21. The summed E-state index contributed by atoms with van der Waals surface area (Å²) >= 11 is 0. The number of aromatic nitrogens is 3. The number of benzene rings is 1. The van der Waals surface area contributed by atoms with E-state index in [1.54, 1.807) is 12.1 Å². The molecular formula is C22H28FN3O2S. The topological polar surface area (TPSA) is 64.8 Å². The van der Waals surface area contributed by atoms with E-state index >= 15 is 0 Å². The zero-order valence-corrected chi connectivity index (χ0v) is 18.4. The fraction of sp³-hybridized carbons (Fsp3) is 0.455. The summed E-state index contributed by atoms with van der Waals surface area (Å²) < 4.78 is 41.6. The van der Waals surface area contributed by atoms with Crippen molar-refractivity contribution in [2.45, 2.75) is 69.2 Å². The summed E-state index contributed by atoms with van der Waals surface area (Å²) in [6.07, 6.45) is 3.29. The van der Waals surface area contributed by atoms with Gasteiger partial charge in [0, 0.05) is 24.2 Å². The summed E-state index contributed by atoms with van der Waals surface area (Å²) in [5.74, 6) is 0.636. The Bertz CT molecular complexity index is 1130. The highest BCUT2D eigenvalue weighted by atomic mass is 32.2. The van der Waals surface area contributed by atoms with Crippen molar-refractivity contribution >= 4 is 20.9 Å². The third kappa shape index (κ3) is 4.20. The van der Waals surface area contributed by atoms with Crippen molar-refractivity contribution in [2.75, 3.05) is 0 Å². The number of pyridine rings is 1. The number of hydrogen-bond acceptors (Lipinski definition) is 4. The fourth-order valence-corrected chi connectivity index (χ4v) is 4.81. The lowest BCUT2D eigenvalue weighted by atomic mass is 9.95. The van der Waals surface area contributed by atoms with Gasteiger partial charge < -0.3 is 4.57 Å². The molecule has 7 heteroatoms. The minimum absolute atomic E-state index is 0.100. The van der Waals surface area contributed by atoms with E-state index in [1.165, 1.54) is 6.07 Å². The molecule has 29 heavy (non-hydrogen) atoms. The predicted molar refractivity (Wildman–Crippen MR) is 112 cm³/mol. The SMILES string of the molecule is CCC(CC)Cn1c(C(C)(C)C)nc2cc(S(=O)(=O)c3ccnc(F)c3)ccc21. The normalized spacial score (nSPS) is 12.8. The van der Waals surface area contributed by atoms with Gasteiger partial charge in [-0.25, -0.2) is 18.4 Å². The number of imidazole rings is 1. The van der Waals surface area contributed by atoms with Crippen LogP contribution in [0.25, 0.3) is 11.0 Å². The molecule has 3 rings (SSSR count). The molecule has 0 aliphatic heterocycles. The van der Waals surface area contributed by atoms with Crippen LogP contribution >= 0.6 is 0 Å². The molecule has 156 valence electrons. The Balaban J connectivity index is 2.16. The minimum atomic E-state index is -3.85. The van der Waals surface area contributed by atoms with Crippen molar-refractivity contribution in [3.8, 4) is 0 Å². The molecule has 0 fully saturated rings. The molecule has 0 bridgehead atoms. The molecule has 0 amide bonds. The van der Waals surface area contributed by atoms with Crippen LogP contribution in [0.5, 0.6) is 0 Å². The summed E-state index contributed by atoms with van der Waals surface area (Å²) in [6.45, 7) is 11.5. The van der Waals surface area contributed by atoms with Gasteiger partial charge in [0.05, 0.1) is 20.8 Å². The van der Waals surface area contributed by atoms with Crippen LogP contribution in [-0.2, 0) is 21.8 Å². The molecule has 0 atom stereocenters. The lowest BCUT2D eigenvalue weighted by molar-refractivity contribution is 0.396. The van der Waals surface area contributed by atoms with Gasteiger partial charge in [-0.1, -0.05) is 47.5 Å². The quantitative estimate of drug-likeness (QED) is 0.521. The van der Waals surface area contributed by atoms with Crippen LogP contribution < -0.4 is 0 Å². The summed E-state index contributed by atoms with van der Waals surface area (Å²) in [4.78, 5) is 8.23. The van der Waals surface area contributed by atoms with E-state index < -0.39 is 15.8 Å². The van der Waals surface area contributed by atoms with Crippen LogP contribution in [0, 0.1) is 11.9 Å². The molecule has 0 spiro atoms. The Morgan fingerprint density at radius 1 is 1.07 bits per heavy atom. The third-order valence-corrected chi connectivity index (χ3v) is 7.05. The van der Waals surface area contributed by atoms with Gasteiger partial charge in [-0.3, -0.25) is 0 Å². The smallest absolute Gasteiger partial charge is 0.214 e. The Morgan fingerprint density at radius 2 is 1.72 bits per heavy atom. The first-order valence-corrected chi connectivity index (χ1v) is 11.4. The van der Waals surface area contributed by atoms with Gasteiger partial charge in [0.25, 0.3) is 0 Å². The first-order chi connectivity index (χ1) is 13.6. The molecule has 0 radical (unpaired) electrons. The predicted octanol–water partition coefficient (Wildman–Crippen LogP) is 5.14. The molecule has 0 unspecified atom stereocenters. The van der Waals surface area contributed by atoms with Crippen LogP contribution in [0.1, 0.15) is 53.3 Å². The van der Waals surface area contributed by atoms with Crippen LogP contribution in [0.15, 0.2) is 46.3 Å². The highest BCUT2D eigenvalue weighted by Crippen LogP contribution is 2.31. The van der Waals surface area contributed by atoms with E-state index in [2.05, 4.69) is 44.2 Å². The average molecular weight is 418 g/mol. The molecule has 0 N–H and O–H groups in total. The molecule has 2 heterocycles. The second kappa shape index (κ2) is 7.86. The molecule has 0 saturated carbocycles. The van der Waals surface area contributed by atoms with Crippen molar-refractivity contribution in [3.05, 3.63) is 48.3 Å². The number of halogens is 1. The molecule has 0 aliphatic carbocycles. The van der Waals surface area contributed by atoms with E-state index in [1.807, 2.05) is 6.07 Å². The standard InChI is InChI=1S/C22H28FN3O2S/c1-6-15(7-2)14-26-19-9-8-16(12-18(19)25-21(26)22(3,4)5)29(27,28)17-10-11-24-20(23)13-17/h8-13,15H,6-7,14H2,1-5H3. The lowest BCUT2D eigenvalue weighted by Gasteiger charge is -2.23. The zero-order chi connectivity index (χ0) is 21.4. The fourth-order valence-electron chi connectivity index (χ4n) is 3.53. The van der Waals surface area contributed by atoms with E-state index in [-0.39, 0.29) is 15.2 Å². The summed E-state index contributed by atoms with van der Waals surface area (Å²) in [5.41, 5.74) is 1.37. The van der Waals surface area contributed by atoms with Gasteiger partial charge in [-0.15, -0.1) is 0 Å². The third-order valence-electron chi connectivity index (χ3n) is 5.30. The second-order valence-electron chi connectivity index (χ2n) is 8.45. The Hall–Kier alpha value is -2.28. The molecule has 0 saturated heterocycles. The van der Waals surface area contributed by atoms with Gasteiger partial charge >= 0.3 is 0 Å². The van der Waals surface area contributed by atoms with E-state index in [9.17, 15) is 12.8 Å². The first-order valence-electron chi connectivity index (χ1n) is 9.95. The highest BCUT2D eigenvalue weighted by Gasteiger charge is 2.26. The van der Waals surface area contributed by atoms with Crippen molar-refractivity contribution in [1.82, 2.24) is 14.5 Å². The first kappa shape index (κ1) is 21.4. The number of hydrogen-bond donors (Lipinski definition) is 0. The second-order valence-corrected chi connectivity index (χ2v) is 10.4. The van der Waals surface area contributed by atoms with Crippen LogP contribution in [0.4, 0.5) is 4.39 Å². The summed E-state index contributed by atoms with van der Waals surface area (Å²) in [5, 5.41) is 0. The van der Waals surface area contributed by atoms with E-state index in [4.69, 9.17) is 4.98 Å². The molecule has 0 aliphatic rings. The van der Waals surface area contributed by atoms with Crippen molar-refractivity contribution in [2.24, 2.45) is 5.92 Å². The Kier molecular flexibility index (Phi) is 5.81. The average Bonchev–Trinajstić information content (AvgIpc) is 3.04. The Labute approximate surface area is 171 Å².